The van der Waals surface area contributed by atoms with Crippen molar-refractivity contribution in [2.75, 3.05) is 6.61 Å². The normalized spacial score (nSPS) is 14.9. The zero-order valence-electron chi connectivity index (χ0n) is 13.7. The Hall–Kier alpha value is -2.28. The molecule has 2 aromatic carbocycles. The van der Waals surface area contributed by atoms with E-state index >= 15 is 0 Å². The average Bonchev–Trinajstić information content (AvgIpc) is 2.60. The van der Waals surface area contributed by atoms with E-state index in [4.69, 9.17) is 4.74 Å². The standard InChI is InChI=1S/C19H15F3O3S/c1-2-25-18(24)16(17(23)19(20,21)22)15-11-7-3-5-9-13(11)26-14-10-6-4-8-12(14)15/h3-10,15-16H,2H2,1H3/t16-/m0/s1. The van der Waals surface area contributed by atoms with E-state index < -0.39 is 29.8 Å². The van der Waals surface area contributed by atoms with E-state index in [1.165, 1.54) is 18.7 Å². The lowest BCUT2D eigenvalue weighted by molar-refractivity contribution is -0.181. The van der Waals surface area contributed by atoms with Crippen LogP contribution in [0.3, 0.4) is 0 Å². The van der Waals surface area contributed by atoms with Crippen molar-refractivity contribution in [2.45, 2.75) is 28.8 Å². The van der Waals surface area contributed by atoms with Gasteiger partial charge in [-0.3, -0.25) is 9.59 Å². The van der Waals surface area contributed by atoms with Crippen LogP contribution in [-0.4, -0.2) is 24.5 Å². The van der Waals surface area contributed by atoms with Crippen LogP contribution in [0.4, 0.5) is 13.2 Å². The monoisotopic (exact) mass is 380 g/mol. The van der Waals surface area contributed by atoms with E-state index in [0.717, 1.165) is 9.79 Å². The molecule has 0 saturated carbocycles. The van der Waals surface area contributed by atoms with E-state index in [9.17, 15) is 22.8 Å². The number of Topliss-reactive ketones (excluding diaryl/α,β-unsaturated/α-hetero) is 1. The fraction of sp³-hybridized carbons (Fsp3) is 0.263. The highest BCUT2D eigenvalue weighted by molar-refractivity contribution is 7.99. The summed E-state index contributed by atoms with van der Waals surface area (Å²) in [5.41, 5.74) is 1.04. The number of halogens is 3. The van der Waals surface area contributed by atoms with Crippen LogP contribution in [0, 0.1) is 5.92 Å². The molecular weight excluding hydrogens is 365 g/mol. The summed E-state index contributed by atoms with van der Waals surface area (Å²) in [6.45, 7) is 1.39. The Morgan fingerprint density at radius 1 is 1.04 bits per heavy atom. The van der Waals surface area contributed by atoms with Crippen molar-refractivity contribution < 1.29 is 27.5 Å². The number of esters is 1. The number of carbonyl (C=O) groups is 2. The summed E-state index contributed by atoms with van der Waals surface area (Å²) < 4.78 is 44.6. The Morgan fingerprint density at radius 2 is 1.54 bits per heavy atom. The topological polar surface area (TPSA) is 43.4 Å². The van der Waals surface area contributed by atoms with Crippen LogP contribution in [-0.2, 0) is 14.3 Å². The molecule has 7 heteroatoms. The summed E-state index contributed by atoms with van der Waals surface area (Å²) in [5, 5.41) is 0. The fourth-order valence-electron chi connectivity index (χ4n) is 3.11. The van der Waals surface area contributed by atoms with Gasteiger partial charge in [0.1, 0.15) is 5.92 Å². The molecule has 136 valence electrons. The van der Waals surface area contributed by atoms with Crippen molar-refractivity contribution in [2.24, 2.45) is 5.92 Å². The molecule has 0 aliphatic carbocycles. The van der Waals surface area contributed by atoms with Crippen LogP contribution in [0.15, 0.2) is 58.3 Å². The molecule has 1 aliphatic heterocycles. The molecule has 0 radical (unpaired) electrons. The van der Waals surface area contributed by atoms with E-state index in [0.29, 0.717) is 11.1 Å². The van der Waals surface area contributed by atoms with Crippen LogP contribution < -0.4 is 0 Å². The maximum absolute atomic E-state index is 13.2. The number of hydrogen-bond donors (Lipinski definition) is 0. The highest BCUT2D eigenvalue weighted by Crippen LogP contribution is 2.49. The second kappa shape index (κ2) is 7.15. The Bertz CT molecular complexity index is 802. The number of benzene rings is 2. The third-order valence-corrected chi connectivity index (χ3v) is 5.35. The summed E-state index contributed by atoms with van der Waals surface area (Å²) in [6, 6.07) is 13.7. The minimum atomic E-state index is -5.13. The number of ether oxygens (including phenoxy) is 1. The molecule has 1 atom stereocenters. The number of carbonyl (C=O) groups excluding carboxylic acids is 2. The van der Waals surface area contributed by atoms with Crippen LogP contribution in [0.25, 0.3) is 0 Å². The van der Waals surface area contributed by atoms with E-state index in [1.807, 2.05) is 0 Å². The van der Waals surface area contributed by atoms with E-state index in [-0.39, 0.29) is 6.61 Å². The molecule has 2 aromatic rings. The van der Waals surface area contributed by atoms with Gasteiger partial charge in [0, 0.05) is 15.7 Å². The van der Waals surface area contributed by atoms with E-state index in [1.54, 1.807) is 48.5 Å². The zero-order valence-corrected chi connectivity index (χ0v) is 14.6. The van der Waals surface area contributed by atoms with Crippen molar-refractivity contribution in [3.8, 4) is 0 Å². The number of hydrogen-bond acceptors (Lipinski definition) is 4. The van der Waals surface area contributed by atoms with Gasteiger partial charge in [-0.25, -0.2) is 0 Å². The van der Waals surface area contributed by atoms with Gasteiger partial charge < -0.3 is 4.74 Å². The molecule has 0 fully saturated rings. The summed E-state index contributed by atoms with van der Waals surface area (Å²) in [7, 11) is 0. The largest absolute Gasteiger partial charge is 0.465 e. The highest BCUT2D eigenvalue weighted by Gasteiger charge is 2.52. The Kier molecular flexibility index (Phi) is 5.09. The first kappa shape index (κ1) is 18.5. The van der Waals surface area contributed by atoms with Crippen LogP contribution in [0.5, 0.6) is 0 Å². The maximum Gasteiger partial charge on any atom is 0.450 e. The molecule has 0 spiro atoms. The highest BCUT2D eigenvalue weighted by atomic mass is 32.2. The lowest BCUT2D eigenvalue weighted by Gasteiger charge is -2.32. The van der Waals surface area contributed by atoms with Crippen molar-refractivity contribution in [1.29, 1.82) is 0 Å². The smallest absolute Gasteiger partial charge is 0.450 e. The molecule has 1 aliphatic rings. The SMILES string of the molecule is CCOC(=O)[C@H](C(=O)C(F)(F)F)C1c2ccccc2Sc2ccccc21. The second-order valence-electron chi connectivity index (χ2n) is 5.75. The molecule has 3 nitrogen and oxygen atoms in total. The molecule has 0 saturated heterocycles. The van der Waals surface area contributed by atoms with Gasteiger partial charge in [0.05, 0.1) is 6.61 Å². The summed E-state index contributed by atoms with van der Waals surface area (Å²) in [6.07, 6.45) is -5.13. The fourth-order valence-corrected chi connectivity index (χ4v) is 4.26. The van der Waals surface area contributed by atoms with Gasteiger partial charge >= 0.3 is 12.1 Å². The number of rotatable bonds is 4. The second-order valence-corrected chi connectivity index (χ2v) is 6.83. The zero-order chi connectivity index (χ0) is 18.9. The summed E-state index contributed by atoms with van der Waals surface area (Å²) >= 11 is 1.40. The predicted octanol–water partition coefficient (Wildman–Crippen LogP) is 4.59. The summed E-state index contributed by atoms with van der Waals surface area (Å²) in [5.74, 6) is -6.26. The van der Waals surface area contributed by atoms with Gasteiger partial charge in [-0.15, -0.1) is 0 Å². The quantitative estimate of drug-likeness (QED) is 0.575. The molecule has 0 unspecified atom stereocenters. The number of ketones is 1. The van der Waals surface area contributed by atoms with Crippen molar-refractivity contribution >= 4 is 23.5 Å². The molecule has 3 rings (SSSR count). The van der Waals surface area contributed by atoms with Crippen molar-refractivity contribution in [1.82, 2.24) is 0 Å². The third-order valence-electron chi connectivity index (χ3n) is 4.16. The van der Waals surface area contributed by atoms with Crippen LogP contribution >= 0.6 is 11.8 Å². The first-order valence-electron chi connectivity index (χ1n) is 7.98. The Morgan fingerprint density at radius 3 is 2.00 bits per heavy atom. The van der Waals surface area contributed by atoms with Crippen LogP contribution in [0.1, 0.15) is 24.0 Å². The maximum atomic E-state index is 13.2. The summed E-state index contributed by atoms with van der Waals surface area (Å²) in [4.78, 5) is 26.0. The predicted molar refractivity (Wildman–Crippen MR) is 90.0 cm³/mol. The van der Waals surface area contributed by atoms with Crippen molar-refractivity contribution in [3.63, 3.8) is 0 Å². The van der Waals surface area contributed by atoms with Gasteiger partial charge in [0.2, 0.25) is 0 Å². The molecule has 1 heterocycles. The lowest BCUT2D eigenvalue weighted by Crippen LogP contribution is -2.41. The van der Waals surface area contributed by atoms with E-state index in [2.05, 4.69) is 0 Å². The number of alkyl halides is 3. The minimum absolute atomic E-state index is 0.106. The van der Waals surface area contributed by atoms with Crippen molar-refractivity contribution in [3.05, 3.63) is 59.7 Å². The molecule has 0 amide bonds. The average molecular weight is 380 g/mol. The Balaban J connectivity index is 2.20. The minimum Gasteiger partial charge on any atom is -0.465 e. The van der Waals surface area contributed by atoms with Gasteiger partial charge in [-0.2, -0.15) is 13.2 Å². The first-order chi connectivity index (χ1) is 12.3. The molecule has 0 N–H and O–H groups in total. The van der Waals surface area contributed by atoms with Crippen LogP contribution in [0.2, 0.25) is 0 Å². The first-order valence-corrected chi connectivity index (χ1v) is 8.79. The van der Waals surface area contributed by atoms with Gasteiger partial charge in [-0.05, 0) is 30.2 Å². The molecule has 0 aromatic heterocycles. The third kappa shape index (κ3) is 3.35. The van der Waals surface area contributed by atoms with Gasteiger partial charge in [-0.1, -0.05) is 48.2 Å². The van der Waals surface area contributed by atoms with Gasteiger partial charge in [0.25, 0.3) is 5.78 Å². The molecular formula is C19H15F3O3S. The number of fused-ring (bicyclic) bond motifs is 2. The molecule has 26 heavy (non-hydrogen) atoms. The molecule has 0 bridgehead atoms. The Labute approximate surface area is 152 Å². The van der Waals surface area contributed by atoms with Gasteiger partial charge in [0.15, 0.2) is 0 Å². The lowest BCUT2D eigenvalue weighted by atomic mass is 9.78.